The lowest BCUT2D eigenvalue weighted by Crippen LogP contribution is -2.28. The van der Waals surface area contributed by atoms with E-state index in [-0.39, 0.29) is 11.9 Å². The number of amides is 1. The predicted molar refractivity (Wildman–Crippen MR) is 112 cm³/mol. The number of rotatable bonds is 12. The molecule has 0 aromatic heterocycles. The lowest BCUT2D eigenvalue weighted by Gasteiger charge is -2.24. The van der Waals surface area contributed by atoms with Gasteiger partial charge in [0, 0.05) is 13.3 Å². The molecule has 0 spiro atoms. The van der Waals surface area contributed by atoms with Gasteiger partial charge in [-0.2, -0.15) is 0 Å². The highest BCUT2D eigenvalue weighted by Crippen LogP contribution is 2.21. The second kappa shape index (κ2) is 12.0. The molecule has 0 saturated heterocycles. The van der Waals surface area contributed by atoms with Crippen LogP contribution in [0.3, 0.4) is 0 Å². The Morgan fingerprint density at radius 3 is 2.15 bits per heavy atom. The van der Waals surface area contributed by atoms with Crippen molar-refractivity contribution in [1.29, 1.82) is 0 Å². The fourth-order valence-electron chi connectivity index (χ4n) is 2.93. The number of carbonyl (C=O) groups excluding carboxylic acids is 1. The average Bonchev–Trinajstić information content (AvgIpc) is 2.64. The normalized spacial score (nSPS) is 13.0. The van der Waals surface area contributed by atoms with E-state index in [1.807, 2.05) is 13.0 Å². The molecular weight excluding hydrogens is 358 g/mol. The van der Waals surface area contributed by atoms with Gasteiger partial charge in [-0.3, -0.25) is 4.79 Å². The Bertz CT molecular complexity index is 693. The van der Waals surface area contributed by atoms with Gasteiger partial charge in [0.1, 0.15) is 0 Å². The minimum Gasteiger partial charge on any atom is -0.335 e. The van der Waals surface area contributed by atoms with Crippen molar-refractivity contribution in [1.82, 2.24) is 4.90 Å². The maximum atomic E-state index is 12.3. The standard InChI is InChI=1S/C22H35NO3S/c1-5-6-7-8-9-10-11-12-13-14-22(24)23(3)19(2)20-15-17-21(18-16-20)27(4,25)26/h13-19H,5-12H2,1-4H3. The molecule has 0 aliphatic carbocycles. The molecule has 0 saturated carbocycles. The van der Waals surface area contributed by atoms with Gasteiger partial charge < -0.3 is 4.90 Å². The molecule has 152 valence electrons. The van der Waals surface area contributed by atoms with Crippen LogP contribution in [0.5, 0.6) is 0 Å². The molecule has 1 atom stereocenters. The number of nitrogens with zero attached hydrogens (tertiary/aromatic N) is 1. The van der Waals surface area contributed by atoms with Crippen LogP contribution >= 0.6 is 0 Å². The van der Waals surface area contributed by atoms with Crippen molar-refractivity contribution in [2.45, 2.75) is 76.2 Å². The first-order valence-electron chi connectivity index (χ1n) is 10.0. The van der Waals surface area contributed by atoms with Crippen LogP contribution in [0.15, 0.2) is 41.3 Å². The summed E-state index contributed by atoms with van der Waals surface area (Å²) in [6, 6.07) is 6.61. The first-order valence-corrected chi connectivity index (χ1v) is 11.9. The highest BCUT2D eigenvalue weighted by atomic mass is 32.2. The maximum absolute atomic E-state index is 12.3. The Balaban J connectivity index is 2.41. The summed E-state index contributed by atoms with van der Waals surface area (Å²) < 4.78 is 23.1. The largest absolute Gasteiger partial charge is 0.335 e. The lowest BCUT2D eigenvalue weighted by molar-refractivity contribution is -0.126. The molecule has 0 bridgehead atoms. The van der Waals surface area contributed by atoms with Gasteiger partial charge in [0.2, 0.25) is 5.91 Å². The molecule has 0 heterocycles. The molecule has 1 amide bonds. The molecule has 0 aliphatic rings. The molecule has 0 radical (unpaired) electrons. The first-order chi connectivity index (χ1) is 12.8. The molecule has 1 unspecified atom stereocenters. The number of unbranched alkanes of at least 4 members (excludes halogenated alkanes) is 7. The number of carbonyl (C=O) groups is 1. The van der Waals surface area contributed by atoms with E-state index in [0.29, 0.717) is 4.90 Å². The third kappa shape index (κ3) is 8.74. The molecule has 0 aliphatic heterocycles. The van der Waals surface area contributed by atoms with Gasteiger partial charge in [-0.05, 0) is 43.5 Å². The van der Waals surface area contributed by atoms with Crippen molar-refractivity contribution < 1.29 is 13.2 Å². The van der Waals surface area contributed by atoms with Crippen molar-refractivity contribution in [2.24, 2.45) is 0 Å². The SMILES string of the molecule is CCCCCCCCCC=CC(=O)N(C)C(C)c1ccc(S(C)(=O)=O)cc1. The molecule has 1 aromatic rings. The number of sulfone groups is 1. The average molecular weight is 394 g/mol. The molecule has 1 rings (SSSR count). The minimum absolute atomic E-state index is 0.0300. The Morgan fingerprint density at radius 1 is 1.04 bits per heavy atom. The first kappa shape index (κ1) is 23.4. The van der Waals surface area contributed by atoms with Crippen LogP contribution in [0.1, 0.15) is 76.8 Å². The van der Waals surface area contributed by atoms with Crippen LogP contribution in [0.4, 0.5) is 0 Å². The van der Waals surface area contributed by atoms with Gasteiger partial charge in [0.15, 0.2) is 9.84 Å². The van der Waals surface area contributed by atoms with Gasteiger partial charge in [0.05, 0.1) is 10.9 Å². The number of hydrogen-bond acceptors (Lipinski definition) is 3. The van der Waals surface area contributed by atoms with Gasteiger partial charge >= 0.3 is 0 Å². The number of hydrogen-bond donors (Lipinski definition) is 0. The summed E-state index contributed by atoms with van der Waals surface area (Å²) in [7, 11) is -1.43. The molecule has 5 heteroatoms. The van der Waals surface area contributed by atoms with Gasteiger partial charge in [-0.25, -0.2) is 8.42 Å². The van der Waals surface area contributed by atoms with E-state index < -0.39 is 9.84 Å². The van der Waals surface area contributed by atoms with Crippen molar-refractivity contribution in [3.05, 3.63) is 42.0 Å². The Morgan fingerprint density at radius 2 is 1.59 bits per heavy atom. The van der Waals surface area contributed by atoms with E-state index in [2.05, 4.69) is 6.92 Å². The Kier molecular flexibility index (Phi) is 10.4. The van der Waals surface area contributed by atoms with Crippen LogP contribution in [0.25, 0.3) is 0 Å². The predicted octanol–water partition coefficient (Wildman–Crippen LogP) is 5.31. The molecule has 0 N–H and O–H groups in total. The zero-order valence-corrected chi connectivity index (χ0v) is 18.1. The van der Waals surface area contributed by atoms with Crippen LogP contribution < -0.4 is 0 Å². The lowest BCUT2D eigenvalue weighted by atomic mass is 10.1. The van der Waals surface area contributed by atoms with Crippen LogP contribution in [0, 0.1) is 0 Å². The Labute approximate surface area is 165 Å². The van der Waals surface area contributed by atoms with Crippen molar-refractivity contribution in [3.8, 4) is 0 Å². The second-order valence-corrected chi connectivity index (χ2v) is 9.29. The number of benzene rings is 1. The highest BCUT2D eigenvalue weighted by Gasteiger charge is 2.16. The van der Waals surface area contributed by atoms with E-state index in [0.717, 1.165) is 18.4 Å². The maximum Gasteiger partial charge on any atom is 0.246 e. The van der Waals surface area contributed by atoms with Gasteiger partial charge in [-0.15, -0.1) is 0 Å². The zero-order chi connectivity index (χ0) is 20.3. The summed E-state index contributed by atoms with van der Waals surface area (Å²) in [5, 5.41) is 0. The van der Waals surface area contributed by atoms with Crippen molar-refractivity contribution in [3.63, 3.8) is 0 Å². The van der Waals surface area contributed by atoms with Crippen LogP contribution in [0.2, 0.25) is 0 Å². The van der Waals surface area contributed by atoms with E-state index in [4.69, 9.17) is 0 Å². The zero-order valence-electron chi connectivity index (χ0n) is 17.3. The fourth-order valence-corrected chi connectivity index (χ4v) is 3.56. The monoisotopic (exact) mass is 393 g/mol. The van der Waals surface area contributed by atoms with E-state index in [1.165, 1.54) is 44.8 Å². The highest BCUT2D eigenvalue weighted by molar-refractivity contribution is 7.90. The molecule has 1 aromatic carbocycles. The van der Waals surface area contributed by atoms with Gasteiger partial charge in [0.25, 0.3) is 0 Å². The molecule has 4 nitrogen and oxygen atoms in total. The summed E-state index contributed by atoms with van der Waals surface area (Å²) in [6.45, 7) is 4.17. The summed E-state index contributed by atoms with van der Waals surface area (Å²) >= 11 is 0. The van der Waals surface area contributed by atoms with Crippen molar-refractivity contribution in [2.75, 3.05) is 13.3 Å². The topological polar surface area (TPSA) is 54.5 Å². The third-order valence-corrected chi connectivity index (χ3v) is 6.08. The number of likely N-dealkylation sites (N-methyl/N-ethyl adjacent to an activating group) is 1. The van der Waals surface area contributed by atoms with Crippen LogP contribution in [-0.2, 0) is 14.6 Å². The Hall–Kier alpha value is -1.62. The summed E-state index contributed by atoms with van der Waals surface area (Å²) in [5.41, 5.74) is 0.915. The van der Waals surface area contributed by atoms with E-state index in [1.54, 1.807) is 42.3 Å². The van der Waals surface area contributed by atoms with E-state index in [9.17, 15) is 13.2 Å². The smallest absolute Gasteiger partial charge is 0.246 e. The number of allylic oxidation sites excluding steroid dienone is 1. The minimum atomic E-state index is -3.20. The fraction of sp³-hybridized carbons (Fsp3) is 0.591. The summed E-state index contributed by atoms with van der Waals surface area (Å²) in [6.07, 6.45) is 14.6. The molecule has 0 fully saturated rings. The molecule has 27 heavy (non-hydrogen) atoms. The van der Waals surface area contributed by atoms with Gasteiger partial charge in [-0.1, -0.05) is 63.7 Å². The quantitative estimate of drug-likeness (QED) is 0.357. The summed E-state index contributed by atoms with van der Waals surface area (Å²) in [5.74, 6) is -0.0300. The molecular formula is C22H35NO3S. The van der Waals surface area contributed by atoms with Crippen LogP contribution in [-0.4, -0.2) is 32.5 Å². The van der Waals surface area contributed by atoms with Crippen molar-refractivity contribution >= 4 is 15.7 Å². The van der Waals surface area contributed by atoms with E-state index >= 15 is 0 Å². The second-order valence-electron chi connectivity index (χ2n) is 7.28. The third-order valence-electron chi connectivity index (χ3n) is 4.95. The summed E-state index contributed by atoms with van der Waals surface area (Å²) in [4.78, 5) is 14.3.